The molecule has 3 aromatic heterocycles. The van der Waals surface area contributed by atoms with Crippen molar-refractivity contribution >= 4 is 22.3 Å². The van der Waals surface area contributed by atoms with Crippen LogP contribution in [0.2, 0.25) is 0 Å². The number of piperidine rings is 1. The smallest absolute Gasteiger partial charge is 0.317 e. The third-order valence-corrected chi connectivity index (χ3v) is 8.53. The summed E-state index contributed by atoms with van der Waals surface area (Å²) in [6, 6.07) is 6.37. The summed E-state index contributed by atoms with van der Waals surface area (Å²) < 4.78 is 19.5. The molecule has 7 nitrogen and oxygen atoms in total. The highest BCUT2D eigenvalue weighted by atomic mass is 32.1. The van der Waals surface area contributed by atoms with Crippen LogP contribution < -0.4 is 10.1 Å². The van der Waals surface area contributed by atoms with Gasteiger partial charge in [-0.05, 0) is 74.5 Å². The number of hydrogen-bond donors (Lipinski definition) is 1. The molecule has 35 heavy (non-hydrogen) atoms. The molecule has 184 valence electrons. The highest BCUT2D eigenvalue weighted by Crippen LogP contribution is 2.56. The fourth-order valence-corrected chi connectivity index (χ4v) is 5.94. The molecule has 1 saturated heterocycles. The Morgan fingerprint density at radius 1 is 1.00 bits per heavy atom. The molecule has 2 aliphatic carbocycles. The Bertz CT molecular complexity index is 1130. The molecule has 2 saturated carbocycles. The normalized spacial score (nSPS) is 20.7. The minimum absolute atomic E-state index is 0.222. The van der Waals surface area contributed by atoms with Gasteiger partial charge in [-0.2, -0.15) is 4.98 Å². The van der Waals surface area contributed by atoms with Gasteiger partial charge in [-0.3, -0.25) is 4.90 Å². The van der Waals surface area contributed by atoms with E-state index < -0.39 is 6.17 Å². The quantitative estimate of drug-likeness (QED) is 0.447. The molecule has 6 rings (SSSR count). The van der Waals surface area contributed by atoms with Gasteiger partial charge in [0.25, 0.3) is 0 Å². The van der Waals surface area contributed by atoms with Crippen molar-refractivity contribution in [2.45, 2.75) is 70.2 Å². The zero-order chi connectivity index (χ0) is 23.7. The van der Waals surface area contributed by atoms with Crippen LogP contribution in [-0.4, -0.2) is 50.2 Å². The number of pyridine rings is 1. The van der Waals surface area contributed by atoms with Gasteiger partial charge >= 0.3 is 6.01 Å². The van der Waals surface area contributed by atoms with E-state index in [0.29, 0.717) is 24.3 Å². The number of rotatable bonds is 7. The van der Waals surface area contributed by atoms with Crippen LogP contribution in [0, 0.1) is 5.41 Å². The molecule has 0 bridgehead atoms. The third-order valence-electron chi connectivity index (χ3n) is 7.60. The van der Waals surface area contributed by atoms with Gasteiger partial charge < -0.3 is 10.1 Å². The first kappa shape index (κ1) is 22.8. The van der Waals surface area contributed by atoms with Gasteiger partial charge in [-0.15, -0.1) is 0 Å². The highest BCUT2D eigenvalue weighted by molar-refractivity contribution is 7.18. The van der Waals surface area contributed by atoms with Crippen LogP contribution in [0.15, 0.2) is 36.8 Å². The average molecular weight is 495 g/mol. The van der Waals surface area contributed by atoms with Gasteiger partial charge in [-0.25, -0.2) is 19.3 Å². The zero-order valence-electron chi connectivity index (χ0n) is 19.8. The molecule has 0 amide bonds. The molecule has 3 aromatic rings. The molecule has 3 aliphatic rings. The van der Waals surface area contributed by atoms with Crippen LogP contribution in [0.1, 0.15) is 56.9 Å². The van der Waals surface area contributed by atoms with Crippen LogP contribution in [0.4, 0.5) is 15.3 Å². The molecular formula is C26H31FN6OS. The minimum atomic E-state index is -0.646. The van der Waals surface area contributed by atoms with Crippen molar-refractivity contribution in [1.29, 1.82) is 0 Å². The number of ether oxygens (including phenoxy) is 1. The predicted molar refractivity (Wildman–Crippen MR) is 135 cm³/mol. The first-order valence-electron chi connectivity index (χ1n) is 12.7. The van der Waals surface area contributed by atoms with Crippen molar-refractivity contribution in [1.82, 2.24) is 24.8 Å². The van der Waals surface area contributed by atoms with E-state index in [0.717, 1.165) is 59.6 Å². The summed E-state index contributed by atoms with van der Waals surface area (Å²) >= 11 is 1.52. The van der Waals surface area contributed by atoms with Gasteiger partial charge in [0.1, 0.15) is 18.1 Å². The Labute approximate surface area is 209 Å². The van der Waals surface area contributed by atoms with Crippen LogP contribution >= 0.6 is 11.3 Å². The van der Waals surface area contributed by atoms with E-state index in [2.05, 4.69) is 36.2 Å². The Balaban J connectivity index is 1.04. The van der Waals surface area contributed by atoms with Crippen LogP contribution in [0.5, 0.6) is 6.01 Å². The first-order chi connectivity index (χ1) is 17.1. The molecule has 0 unspecified atom stereocenters. The number of thiazole rings is 1. The average Bonchev–Trinajstić information content (AvgIpc) is 3.47. The number of aromatic nitrogens is 4. The van der Waals surface area contributed by atoms with E-state index >= 15 is 0 Å². The number of alkyl halides is 1. The summed E-state index contributed by atoms with van der Waals surface area (Å²) in [7, 11) is 0. The summed E-state index contributed by atoms with van der Waals surface area (Å²) in [6.07, 6.45) is 13.8. The van der Waals surface area contributed by atoms with Crippen molar-refractivity contribution in [3.05, 3.63) is 42.4 Å². The van der Waals surface area contributed by atoms with Gasteiger partial charge in [0.2, 0.25) is 0 Å². The van der Waals surface area contributed by atoms with Gasteiger partial charge in [0.05, 0.1) is 10.6 Å². The van der Waals surface area contributed by atoms with E-state index in [1.807, 2.05) is 24.5 Å². The molecule has 1 spiro atoms. The molecule has 1 aliphatic heterocycles. The largest absolute Gasteiger partial charge is 0.460 e. The molecule has 4 heterocycles. The van der Waals surface area contributed by atoms with Gasteiger partial charge in [-0.1, -0.05) is 17.4 Å². The summed E-state index contributed by atoms with van der Waals surface area (Å²) in [5.74, 6) is 0.745. The van der Waals surface area contributed by atoms with Crippen LogP contribution in [0.25, 0.3) is 10.6 Å². The highest BCUT2D eigenvalue weighted by Gasteiger charge is 2.45. The standard InChI is InChI=1S/C26H31FN6OS/c27-19-6-13-33(14-7-19)17-18-1-2-23(29-15-18)32-25-30-16-22(35-25)21-5-12-28-24(31-21)34-20-3-8-26(9-4-20)10-11-26/h1-2,5,12,15-16,19-20H,3-4,6-11,13-14,17H2,(H,29,30,32). The second-order valence-electron chi connectivity index (χ2n) is 10.2. The maximum atomic E-state index is 13.3. The van der Waals surface area contributed by atoms with Crippen molar-refractivity contribution in [2.24, 2.45) is 5.41 Å². The summed E-state index contributed by atoms with van der Waals surface area (Å²) in [6.45, 7) is 2.42. The number of hydrogen-bond acceptors (Lipinski definition) is 8. The van der Waals surface area contributed by atoms with Gasteiger partial charge in [0, 0.05) is 38.2 Å². The summed E-state index contributed by atoms with van der Waals surface area (Å²) in [4.78, 5) is 21.3. The number of anilines is 2. The van der Waals surface area contributed by atoms with Crippen molar-refractivity contribution in [3.63, 3.8) is 0 Å². The molecule has 1 N–H and O–H groups in total. The second-order valence-corrected chi connectivity index (χ2v) is 11.2. The SMILES string of the molecule is FC1CCN(Cc2ccc(Nc3ncc(-c4ccnc(OC5CCC6(CC5)CC6)n4)s3)nc2)CC1. The lowest BCUT2D eigenvalue weighted by molar-refractivity contribution is 0.114. The topological polar surface area (TPSA) is 76.1 Å². The first-order valence-corrected chi connectivity index (χ1v) is 13.5. The third kappa shape index (κ3) is 5.62. The molecule has 0 atom stereocenters. The van der Waals surface area contributed by atoms with E-state index in [1.165, 1.54) is 37.0 Å². The molecule has 9 heteroatoms. The lowest BCUT2D eigenvalue weighted by Gasteiger charge is -2.28. The Hall–Kier alpha value is -2.65. The van der Waals surface area contributed by atoms with E-state index in [-0.39, 0.29) is 6.10 Å². The van der Waals surface area contributed by atoms with Crippen molar-refractivity contribution in [2.75, 3.05) is 18.4 Å². The van der Waals surface area contributed by atoms with Crippen molar-refractivity contribution < 1.29 is 9.13 Å². The Kier molecular flexibility index (Phi) is 6.37. The Morgan fingerprint density at radius 2 is 1.83 bits per heavy atom. The lowest BCUT2D eigenvalue weighted by atomic mass is 9.85. The lowest BCUT2D eigenvalue weighted by Crippen LogP contribution is -2.33. The number of nitrogens with zero attached hydrogens (tertiary/aromatic N) is 5. The number of halogens is 1. The molecule has 0 aromatic carbocycles. The van der Waals surface area contributed by atoms with E-state index in [4.69, 9.17) is 4.74 Å². The van der Waals surface area contributed by atoms with Crippen LogP contribution in [0.3, 0.4) is 0 Å². The fourth-order valence-electron chi connectivity index (χ4n) is 5.15. The van der Waals surface area contributed by atoms with E-state index in [1.54, 1.807) is 6.20 Å². The van der Waals surface area contributed by atoms with Crippen LogP contribution in [-0.2, 0) is 6.54 Å². The number of likely N-dealkylation sites (tertiary alicyclic amines) is 1. The summed E-state index contributed by atoms with van der Waals surface area (Å²) in [5, 5.41) is 4.04. The molecule has 3 fully saturated rings. The predicted octanol–water partition coefficient (Wildman–Crippen LogP) is 5.77. The summed E-state index contributed by atoms with van der Waals surface area (Å²) in [5.41, 5.74) is 2.60. The molecule has 0 radical (unpaired) electrons. The number of nitrogens with one attached hydrogen (secondary N) is 1. The zero-order valence-corrected chi connectivity index (χ0v) is 20.6. The maximum Gasteiger partial charge on any atom is 0.317 e. The van der Waals surface area contributed by atoms with Crippen molar-refractivity contribution in [3.8, 4) is 16.6 Å². The second kappa shape index (κ2) is 9.78. The maximum absolute atomic E-state index is 13.3. The Morgan fingerprint density at radius 3 is 2.57 bits per heavy atom. The minimum Gasteiger partial charge on any atom is -0.460 e. The fraction of sp³-hybridized carbons (Fsp3) is 0.538. The van der Waals surface area contributed by atoms with E-state index in [9.17, 15) is 4.39 Å². The van der Waals surface area contributed by atoms with Gasteiger partial charge in [0.15, 0.2) is 5.13 Å². The molecular weight excluding hydrogens is 463 g/mol. The monoisotopic (exact) mass is 494 g/mol.